The minimum atomic E-state index is -3.36. The summed E-state index contributed by atoms with van der Waals surface area (Å²) >= 11 is 0. The van der Waals surface area contributed by atoms with Crippen molar-refractivity contribution >= 4 is 27.3 Å². The fourth-order valence-electron chi connectivity index (χ4n) is 2.90. The molecule has 1 unspecified atom stereocenters. The van der Waals surface area contributed by atoms with Crippen LogP contribution in [0.1, 0.15) is 17.2 Å². The van der Waals surface area contributed by atoms with Gasteiger partial charge in [0.15, 0.2) is 9.84 Å². The van der Waals surface area contributed by atoms with Crippen LogP contribution in [0.25, 0.3) is 0 Å². The Morgan fingerprint density at radius 2 is 1.81 bits per heavy atom. The van der Waals surface area contributed by atoms with E-state index in [1.165, 1.54) is 6.08 Å². The monoisotopic (exact) mass is 370 g/mol. The summed E-state index contributed by atoms with van der Waals surface area (Å²) in [6.07, 6.45) is 1.29. The van der Waals surface area contributed by atoms with Crippen molar-refractivity contribution < 1.29 is 18.0 Å². The summed E-state index contributed by atoms with van der Waals surface area (Å²) in [5, 5.41) is 5.42. The maximum atomic E-state index is 12.3. The van der Waals surface area contributed by atoms with Gasteiger partial charge in [0.2, 0.25) is 11.8 Å². The fourth-order valence-corrected chi connectivity index (χ4v) is 4.64. The van der Waals surface area contributed by atoms with Crippen molar-refractivity contribution in [1.82, 2.24) is 5.32 Å². The van der Waals surface area contributed by atoms with Gasteiger partial charge >= 0.3 is 0 Å². The van der Waals surface area contributed by atoms with Gasteiger partial charge in [0.1, 0.15) is 0 Å². The molecule has 0 aromatic heterocycles. The molecule has 1 aliphatic rings. The lowest BCUT2D eigenvalue weighted by Crippen LogP contribution is -2.30. The Labute approximate surface area is 151 Å². The van der Waals surface area contributed by atoms with Crippen LogP contribution in [0.15, 0.2) is 66.1 Å². The van der Waals surface area contributed by atoms with Crippen molar-refractivity contribution in [3.8, 4) is 0 Å². The predicted molar refractivity (Wildman–Crippen MR) is 98.4 cm³/mol. The number of fused-ring (bicyclic) bond motifs is 1. The highest BCUT2D eigenvalue weighted by Crippen LogP contribution is 2.32. The molecule has 0 spiro atoms. The van der Waals surface area contributed by atoms with Crippen molar-refractivity contribution in [2.45, 2.75) is 17.4 Å². The fraction of sp³-hybridized carbons (Fsp3) is 0.158. The second kappa shape index (κ2) is 7.13. The van der Waals surface area contributed by atoms with Gasteiger partial charge in [-0.15, -0.1) is 0 Å². The minimum absolute atomic E-state index is 0.119. The van der Waals surface area contributed by atoms with E-state index in [2.05, 4.69) is 17.2 Å². The Morgan fingerprint density at radius 1 is 1.12 bits per heavy atom. The third kappa shape index (κ3) is 3.83. The molecule has 0 saturated carbocycles. The third-order valence-electron chi connectivity index (χ3n) is 4.12. The number of rotatable bonds is 5. The summed E-state index contributed by atoms with van der Waals surface area (Å²) in [7, 11) is -3.36. The SMILES string of the molecule is C=CC(=O)Nc1ccc(CC(=O)NC2CS(=O)(=O)c3ccccc32)cc1. The summed E-state index contributed by atoms with van der Waals surface area (Å²) in [6.45, 7) is 3.38. The number of nitrogens with one attached hydrogen (secondary N) is 2. The van der Waals surface area contributed by atoms with Crippen LogP contribution in [0, 0.1) is 0 Å². The number of amides is 2. The van der Waals surface area contributed by atoms with E-state index in [0.29, 0.717) is 11.3 Å². The van der Waals surface area contributed by atoms with E-state index in [9.17, 15) is 18.0 Å². The van der Waals surface area contributed by atoms with Gasteiger partial charge in [0.05, 0.1) is 23.1 Å². The highest BCUT2D eigenvalue weighted by atomic mass is 32.2. The van der Waals surface area contributed by atoms with E-state index in [1.807, 2.05) is 0 Å². The summed E-state index contributed by atoms with van der Waals surface area (Å²) < 4.78 is 24.3. The Morgan fingerprint density at radius 3 is 2.50 bits per heavy atom. The van der Waals surface area contributed by atoms with Gasteiger partial charge in [-0.2, -0.15) is 0 Å². The van der Waals surface area contributed by atoms with Crippen LogP contribution in [0.4, 0.5) is 5.69 Å². The van der Waals surface area contributed by atoms with E-state index in [4.69, 9.17) is 0 Å². The highest BCUT2D eigenvalue weighted by molar-refractivity contribution is 7.91. The van der Waals surface area contributed by atoms with Gasteiger partial charge in [-0.1, -0.05) is 36.9 Å². The molecule has 3 rings (SSSR count). The summed E-state index contributed by atoms with van der Waals surface area (Å²) in [5.41, 5.74) is 1.99. The molecule has 2 aromatic carbocycles. The molecule has 0 aliphatic carbocycles. The zero-order chi connectivity index (χ0) is 18.7. The third-order valence-corrected chi connectivity index (χ3v) is 5.94. The van der Waals surface area contributed by atoms with Gasteiger partial charge < -0.3 is 10.6 Å². The predicted octanol–water partition coefficient (Wildman–Crippen LogP) is 2.00. The Bertz CT molecular complexity index is 965. The molecule has 2 N–H and O–H groups in total. The number of anilines is 1. The average molecular weight is 370 g/mol. The van der Waals surface area contributed by atoms with Gasteiger partial charge in [0.25, 0.3) is 0 Å². The van der Waals surface area contributed by atoms with E-state index >= 15 is 0 Å². The summed E-state index contributed by atoms with van der Waals surface area (Å²) in [6, 6.07) is 13.0. The van der Waals surface area contributed by atoms with Crippen molar-refractivity contribution in [3.05, 3.63) is 72.3 Å². The number of hydrogen-bond donors (Lipinski definition) is 2. The lowest BCUT2D eigenvalue weighted by molar-refractivity contribution is -0.121. The second-order valence-corrected chi connectivity index (χ2v) is 8.01. The van der Waals surface area contributed by atoms with Crippen LogP contribution in [0.2, 0.25) is 0 Å². The molecule has 0 fully saturated rings. The molecule has 1 aliphatic heterocycles. The van der Waals surface area contributed by atoms with Gasteiger partial charge in [-0.05, 0) is 35.4 Å². The molecule has 134 valence electrons. The van der Waals surface area contributed by atoms with Gasteiger partial charge in [-0.3, -0.25) is 9.59 Å². The Kier molecular flexibility index (Phi) is 4.90. The summed E-state index contributed by atoms with van der Waals surface area (Å²) in [5.74, 6) is -0.689. The molecule has 2 amide bonds. The first-order valence-corrected chi connectivity index (χ1v) is 9.67. The zero-order valence-electron chi connectivity index (χ0n) is 13.9. The molecular weight excluding hydrogens is 352 g/mol. The molecule has 6 nitrogen and oxygen atoms in total. The molecule has 0 saturated heterocycles. The molecule has 0 radical (unpaired) electrons. The van der Waals surface area contributed by atoms with Crippen molar-refractivity contribution in [2.24, 2.45) is 0 Å². The highest BCUT2D eigenvalue weighted by Gasteiger charge is 2.35. The van der Waals surface area contributed by atoms with E-state index in [-0.39, 0.29) is 28.9 Å². The van der Waals surface area contributed by atoms with Gasteiger partial charge in [0, 0.05) is 5.69 Å². The molecule has 1 heterocycles. The Hall–Kier alpha value is -2.93. The summed E-state index contributed by atoms with van der Waals surface area (Å²) in [4.78, 5) is 23.8. The second-order valence-electron chi connectivity index (χ2n) is 6.01. The number of carbonyl (C=O) groups is 2. The van der Waals surface area contributed by atoms with Crippen LogP contribution in [-0.2, 0) is 25.8 Å². The van der Waals surface area contributed by atoms with Crippen LogP contribution < -0.4 is 10.6 Å². The normalized spacial score (nSPS) is 17.2. The largest absolute Gasteiger partial charge is 0.348 e. The Balaban J connectivity index is 1.65. The number of hydrogen-bond acceptors (Lipinski definition) is 4. The smallest absolute Gasteiger partial charge is 0.247 e. The maximum Gasteiger partial charge on any atom is 0.247 e. The standard InChI is InChI=1S/C19H18N2O4S/c1-2-18(22)20-14-9-7-13(8-10-14)11-19(23)21-16-12-26(24,25)17-6-4-3-5-15(16)17/h2-10,16H,1,11-12H2,(H,20,22)(H,21,23). The van der Waals surface area contributed by atoms with Gasteiger partial charge in [-0.25, -0.2) is 8.42 Å². The maximum absolute atomic E-state index is 12.3. The molecule has 2 aromatic rings. The first-order chi connectivity index (χ1) is 12.4. The zero-order valence-corrected chi connectivity index (χ0v) is 14.8. The van der Waals surface area contributed by atoms with Crippen molar-refractivity contribution in [3.63, 3.8) is 0 Å². The number of sulfone groups is 1. The lowest BCUT2D eigenvalue weighted by atomic mass is 10.1. The molecule has 1 atom stereocenters. The van der Waals surface area contributed by atoms with E-state index < -0.39 is 15.9 Å². The first kappa shape index (κ1) is 17.9. The van der Waals surface area contributed by atoms with E-state index in [1.54, 1.807) is 48.5 Å². The first-order valence-electron chi connectivity index (χ1n) is 8.02. The molecule has 26 heavy (non-hydrogen) atoms. The minimum Gasteiger partial charge on any atom is -0.348 e. The van der Waals surface area contributed by atoms with Crippen LogP contribution in [0.5, 0.6) is 0 Å². The van der Waals surface area contributed by atoms with Crippen LogP contribution in [0.3, 0.4) is 0 Å². The average Bonchev–Trinajstić information content (AvgIpc) is 2.87. The lowest BCUT2D eigenvalue weighted by Gasteiger charge is -2.13. The van der Waals surface area contributed by atoms with Crippen LogP contribution in [-0.4, -0.2) is 26.0 Å². The number of carbonyl (C=O) groups excluding carboxylic acids is 2. The number of benzene rings is 2. The topological polar surface area (TPSA) is 92.3 Å². The molecule has 7 heteroatoms. The molecule has 0 bridgehead atoms. The van der Waals surface area contributed by atoms with E-state index in [0.717, 1.165) is 5.56 Å². The van der Waals surface area contributed by atoms with Crippen molar-refractivity contribution in [1.29, 1.82) is 0 Å². The molecular formula is C19H18N2O4S. The van der Waals surface area contributed by atoms with Crippen LogP contribution >= 0.6 is 0 Å². The van der Waals surface area contributed by atoms with Crippen molar-refractivity contribution in [2.75, 3.05) is 11.1 Å². The quantitative estimate of drug-likeness (QED) is 0.788.